The van der Waals surface area contributed by atoms with Gasteiger partial charge in [0.25, 0.3) is 5.91 Å². The van der Waals surface area contributed by atoms with Crippen LogP contribution in [0.5, 0.6) is 0 Å². The average Bonchev–Trinajstić information content (AvgIpc) is 2.37. The lowest BCUT2D eigenvalue weighted by Gasteiger charge is -2.09. The molecule has 0 aliphatic heterocycles. The number of nitrogens with one attached hydrogen (secondary N) is 1. The van der Waals surface area contributed by atoms with Gasteiger partial charge in [0.1, 0.15) is 5.82 Å². The second-order valence-electron chi connectivity index (χ2n) is 4.42. The van der Waals surface area contributed by atoms with Crippen molar-refractivity contribution in [2.75, 3.05) is 17.3 Å². The molecule has 1 atom stereocenters. The number of nitrogen functional groups attached to an aromatic ring is 1. The highest BCUT2D eigenvalue weighted by atomic mass is 32.2. The Morgan fingerprint density at radius 2 is 2.10 bits per heavy atom. The quantitative estimate of drug-likeness (QED) is 0.772. The monoisotopic (exact) mass is 305 g/mol. The summed E-state index contributed by atoms with van der Waals surface area (Å²) in [5.74, 6) is -0.407. The van der Waals surface area contributed by atoms with E-state index in [1.807, 2.05) is 13.0 Å². The van der Waals surface area contributed by atoms with Gasteiger partial charge in [-0.1, -0.05) is 0 Å². The number of hydrogen-bond acceptors (Lipinski definition) is 6. The fraction of sp³-hybridized carbons (Fsp3) is 0.154. The van der Waals surface area contributed by atoms with E-state index in [0.717, 1.165) is 16.1 Å². The molecule has 0 saturated heterocycles. The van der Waals surface area contributed by atoms with Crippen LogP contribution in [0, 0.1) is 6.92 Å². The summed E-state index contributed by atoms with van der Waals surface area (Å²) < 4.78 is 11.5. The number of benzene rings is 1. The number of aryl methyl sites for hydroxylation is 1. The molecule has 0 aliphatic carbocycles. The number of carbonyl (C=O) groups excluding carboxylic acids is 1. The summed E-state index contributed by atoms with van der Waals surface area (Å²) in [6.45, 7) is 1.87. The summed E-state index contributed by atoms with van der Waals surface area (Å²) in [7, 11) is -1.04. The molecule has 0 radical (unpaired) electrons. The Morgan fingerprint density at radius 1 is 1.38 bits per heavy atom. The third kappa shape index (κ3) is 3.34. The highest BCUT2D eigenvalue weighted by Gasteiger charge is 2.10. The number of nitrogens with two attached hydrogens (primary N) is 2. The molecule has 0 fully saturated rings. The minimum absolute atomic E-state index is 0.0167. The van der Waals surface area contributed by atoms with Crippen LogP contribution in [0.1, 0.15) is 15.9 Å². The van der Waals surface area contributed by atoms with E-state index in [-0.39, 0.29) is 17.3 Å². The van der Waals surface area contributed by atoms with Crippen molar-refractivity contribution in [2.45, 2.75) is 11.8 Å². The molecule has 0 bridgehead atoms. The predicted molar refractivity (Wildman–Crippen MR) is 81.8 cm³/mol. The number of hydrogen-bond donors (Lipinski definition) is 3. The maximum absolute atomic E-state index is 11.5. The Morgan fingerprint density at radius 3 is 2.62 bits per heavy atom. The summed E-state index contributed by atoms with van der Waals surface area (Å²) in [5, 5.41) is 2.96. The van der Waals surface area contributed by atoms with Gasteiger partial charge in [-0.3, -0.25) is 9.00 Å². The normalized spacial score (nSPS) is 11.9. The van der Waals surface area contributed by atoms with Gasteiger partial charge in [0, 0.05) is 23.0 Å². The molecule has 21 heavy (non-hydrogen) atoms. The molecule has 7 nitrogen and oxygen atoms in total. The Labute approximate surface area is 124 Å². The Bertz CT molecular complexity index is 671. The van der Waals surface area contributed by atoms with Gasteiger partial charge in [0.05, 0.1) is 16.4 Å². The predicted octanol–water partition coefficient (Wildman–Crippen LogP) is 0.947. The first kappa shape index (κ1) is 14.9. The molecule has 1 aromatic heterocycles. The fourth-order valence-electron chi connectivity index (χ4n) is 1.82. The van der Waals surface area contributed by atoms with Gasteiger partial charge in [-0.2, -0.15) is 4.98 Å². The first-order chi connectivity index (χ1) is 9.88. The summed E-state index contributed by atoms with van der Waals surface area (Å²) in [6.07, 6.45) is 2.90. The maximum Gasteiger partial charge on any atom is 0.254 e. The summed E-state index contributed by atoms with van der Waals surface area (Å²) in [6, 6.07) is 5.37. The number of aromatic nitrogens is 2. The smallest absolute Gasteiger partial charge is 0.254 e. The van der Waals surface area contributed by atoms with Crippen LogP contribution < -0.4 is 16.8 Å². The van der Waals surface area contributed by atoms with Crippen LogP contribution in [0.15, 0.2) is 29.3 Å². The Kier molecular flexibility index (Phi) is 4.18. The lowest BCUT2D eigenvalue weighted by molar-refractivity contribution is 0.100. The van der Waals surface area contributed by atoms with Crippen LogP contribution in [-0.4, -0.2) is 26.3 Å². The van der Waals surface area contributed by atoms with Crippen molar-refractivity contribution in [3.8, 4) is 0 Å². The number of nitrogens with zero attached hydrogens (tertiary/aromatic N) is 2. The lowest BCUT2D eigenvalue weighted by Crippen LogP contribution is -2.15. The van der Waals surface area contributed by atoms with Gasteiger partial charge in [-0.15, -0.1) is 0 Å². The molecule has 0 saturated carbocycles. The minimum Gasteiger partial charge on any atom is -0.383 e. The standard InChI is InChI=1S/C13H15N5O2S/c1-7-5-8(3-4-10(7)21(2)20)17-13-16-6-9(12(15)19)11(14)18-13/h3-6H,1-2H3,(H2,15,19)(H3,14,16,17,18). The first-order valence-electron chi connectivity index (χ1n) is 6.02. The molecule has 1 amide bonds. The Hall–Kier alpha value is -2.48. The van der Waals surface area contributed by atoms with Crippen LogP contribution >= 0.6 is 0 Å². The van der Waals surface area contributed by atoms with E-state index in [2.05, 4.69) is 15.3 Å². The van der Waals surface area contributed by atoms with Crippen LogP contribution in [0.4, 0.5) is 17.5 Å². The van der Waals surface area contributed by atoms with Crippen LogP contribution in [0.2, 0.25) is 0 Å². The van der Waals surface area contributed by atoms with Gasteiger partial charge in [0.2, 0.25) is 5.95 Å². The second-order valence-corrected chi connectivity index (χ2v) is 5.76. The van der Waals surface area contributed by atoms with Crippen molar-refractivity contribution in [1.82, 2.24) is 9.97 Å². The first-order valence-corrected chi connectivity index (χ1v) is 7.57. The zero-order valence-electron chi connectivity index (χ0n) is 11.6. The molecule has 0 spiro atoms. The van der Waals surface area contributed by atoms with Crippen LogP contribution in [-0.2, 0) is 10.8 Å². The molecule has 5 N–H and O–H groups in total. The molecular formula is C13H15N5O2S. The van der Waals surface area contributed by atoms with E-state index < -0.39 is 16.7 Å². The third-order valence-corrected chi connectivity index (χ3v) is 3.90. The van der Waals surface area contributed by atoms with Crippen LogP contribution in [0.3, 0.4) is 0 Å². The molecule has 1 unspecified atom stereocenters. The van der Waals surface area contributed by atoms with E-state index in [4.69, 9.17) is 11.5 Å². The maximum atomic E-state index is 11.5. The molecular weight excluding hydrogens is 290 g/mol. The van der Waals surface area contributed by atoms with E-state index in [0.29, 0.717) is 0 Å². The van der Waals surface area contributed by atoms with Crippen molar-refractivity contribution >= 4 is 34.2 Å². The van der Waals surface area contributed by atoms with Crippen molar-refractivity contribution < 1.29 is 9.00 Å². The van der Waals surface area contributed by atoms with Crippen molar-refractivity contribution in [3.63, 3.8) is 0 Å². The molecule has 2 aromatic rings. The number of carbonyl (C=O) groups is 1. The van der Waals surface area contributed by atoms with Gasteiger partial charge in [-0.25, -0.2) is 4.98 Å². The van der Waals surface area contributed by atoms with Crippen molar-refractivity contribution in [3.05, 3.63) is 35.5 Å². The minimum atomic E-state index is -1.04. The lowest BCUT2D eigenvalue weighted by atomic mass is 10.2. The van der Waals surface area contributed by atoms with Crippen LogP contribution in [0.25, 0.3) is 0 Å². The van der Waals surface area contributed by atoms with Gasteiger partial charge in [-0.05, 0) is 30.7 Å². The van der Waals surface area contributed by atoms with Gasteiger partial charge >= 0.3 is 0 Å². The SMILES string of the molecule is Cc1cc(Nc2ncc(C(N)=O)c(N)n2)ccc1S(C)=O. The molecule has 2 rings (SSSR count). The highest BCUT2D eigenvalue weighted by molar-refractivity contribution is 7.84. The molecule has 8 heteroatoms. The topological polar surface area (TPSA) is 124 Å². The highest BCUT2D eigenvalue weighted by Crippen LogP contribution is 2.20. The number of amides is 1. The summed E-state index contributed by atoms with van der Waals surface area (Å²) >= 11 is 0. The van der Waals surface area contributed by atoms with Gasteiger partial charge < -0.3 is 16.8 Å². The molecule has 1 aromatic carbocycles. The van der Waals surface area contributed by atoms with E-state index >= 15 is 0 Å². The number of primary amides is 1. The largest absolute Gasteiger partial charge is 0.383 e. The van der Waals surface area contributed by atoms with E-state index in [9.17, 15) is 9.00 Å². The number of rotatable bonds is 4. The fourth-order valence-corrected chi connectivity index (χ4v) is 2.60. The molecule has 0 aliphatic rings. The third-order valence-electron chi connectivity index (χ3n) is 2.82. The zero-order valence-corrected chi connectivity index (χ0v) is 12.4. The van der Waals surface area contributed by atoms with Crippen molar-refractivity contribution in [1.29, 1.82) is 0 Å². The van der Waals surface area contributed by atoms with Gasteiger partial charge in [0.15, 0.2) is 0 Å². The molecule has 1 heterocycles. The summed E-state index contributed by atoms with van der Waals surface area (Å²) in [5.41, 5.74) is 12.5. The Balaban J connectivity index is 2.26. The summed E-state index contributed by atoms with van der Waals surface area (Å²) in [4.78, 5) is 19.8. The van der Waals surface area contributed by atoms with Crippen molar-refractivity contribution in [2.24, 2.45) is 5.73 Å². The average molecular weight is 305 g/mol. The van der Waals surface area contributed by atoms with E-state index in [1.54, 1.807) is 18.4 Å². The van der Waals surface area contributed by atoms with E-state index in [1.165, 1.54) is 6.20 Å². The molecule has 110 valence electrons. The second kappa shape index (κ2) is 5.88. The zero-order chi connectivity index (χ0) is 15.6. The number of anilines is 3.